The lowest BCUT2D eigenvalue weighted by Crippen LogP contribution is -2.35. The summed E-state index contributed by atoms with van der Waals surface area (Å²) < 4.78 is 31.8. The molecule has 0 spiro atoms. The fraction of sp³-hybridized carbons (Fsp3) is 0.630. The van der Waals surface area contributed by atoms with E-state index in [4.69, 9.17) is 38.6 Å². The van der Waals surface area contributed by atoms with Gasteiger partial charge in [-0.1, -0.05) is 27.0 Å². The normalized spacial score (nSPS) is 12.4. The number of carboxylic acid groups (broad SMARTS) is 2. The quantitative estimate of drug-likeness (QED) is 0.105. The molecule has 0 rings (SSSR count). The Labute approximate surface area is 238 Å². The van der Waals surface area contributed by atoms with Crippen LogP contribution in [0.1, 0.15) is 53.4 Å². The van der Waals surface area contributed by atoms with Crippen LogP contribution in [-0.2, 0) is 57.2 Å². The maximum absolute atomic E-state index is 12.0. The molecule has 0 aliphatic heterocycles. The van der Waals surface area contributed by atoms with Crippen LogP contribution in [0.2, 0.25) is 0 Å². The third-order valence-corrected chi connectivity index (χ3v) is 4.77. The van der Waals surface area contributed by atoms with Crippen molar-refractivity contribution in [2.75, 3.05) is 39.6 Å². The van der Waals surface area contributed by atoms with Crippen molar-refractivity contribution in [1.82, 2.24) is 0 Å². The molecule has 0 bridgehead atoms. The number of aliphatic carboxylic acids is 2. The monoisotopic (exact) mass is 588 g/mol. The van der Waals surface area contributed by atoms with Crippen molar-refractivity contribution in [2.45, 2.75) is 65.6 Å². The highest BCUT2D eigenvalue weighted by Crippen LogP contribution is 2.17. The van der Waals surface area contributed by atoms with Crippen molar-refractivity contribution in [1.29, 1.82) is 0 Å². The minimum atomic E-state index is -1.17. The molecular formula is C27H40O14. The molecule has 0 aromatic rings. The van der Waals surface area contributed by atoms with Crippen LogP contribution in [-0.4, -0.2) is 97.9 Å². The van der Waals surface area contributed by atoms with Crippen molar-refractivity contribution >= 4 is 35.8 Å². The fourth-order valence-electron chi connectivity index (χ4n) is 2.70. The number of carbonyl (C=O) groups is 6. The third-order valence-electron chi connectivity index (χ3n) is 4.77. The average Bonchev–Trinajstić information content (AvgIpc) is 2.86. The molecule has 2 N–H and O–H groups in total. The third kappa shape index (κ3) is 19.9. The molecular weight excluding hydrogens is 548 g/mol. The lowest BCUT2D eigenvalue weighted by atomic mass is 9.96. The summed E-state index contributed by atoms with van der Waals surface area (Å²) in [4.78, 5) is 68.8. The summed E-state index contributed by atoms with van der Waals surface area (Å²) in [6.45, 7) is 12.5. The van der Waals surface area contributed by atoms with Gasteiger partial charge in [-0.3, -0.25) is 19.2 Å². The predicted molar refractivity (Wildman–Crippen MR) is 140 cm³/mol. The van der Waals surface area contributed by atoms with Gasteiger partial charge in [-0.25, -0.2) is 9.59 Å². The van der Waals surface area contributed by atoms with Gasteiger partial charge in [0.25, 0.3) is 0 Å². The van der Waals surface area contributed by atoms with Crippen LogP contribution in [0.25, 0.3) is 0 Å². The smallest absolute Gasteiger partial charge is 0.333 e. The zero-order chi connectivity index (χ0) is 31.6. The van der Waals surface area contributed by atoms with Crippen molar-refractivity contribution in [3.63, 3.8) is 0 Å². The van der Waals surface area contributed by atoms with E-state index in [0.29, 0.717) is 0 Å². The van der Waals surface area contributed by atoms with Crippen LogP contribution in [0.3, 0.4) is 0 Å². The molecule has 14 nitrogen and oxygen atoms in total. The van der Waals surface area contributed by atoms with Gasteiger partial charge in [-0.05, 0) is 13.8 Å². The molecule has 2 unspecified atom stereocenters. The predicted octanol–water partition coefficient (Wildman–Crippen LogP) is 1.84. The highest BCUT2D eigenvalue weighted by Gasteiger charge is 2.25. The SMILES string of the molecule is C=C(C)C(=O)OCC(COCC(C)(C)COCC(COC(=O)C(=C)C)OC(=O)CCC(=O)O)OC(=O)CCC(=O)O. The molecule has 0 fully saturated rings. The first-order chi connectivity index (χ1) is 19.0. The number of hydrogen-bond donors (Lipinski definition) is 2. The fourth-order valence-corrected chi connectivity index (χ4v) is 2.70. The second-order valence-electron chi connectivity index (χ2n) is 9.96. The van der Waals surface area contributed by atoms with Crippen LogP contribution in [0.4, 0.5) is 0 Å². The lowest BCUT2D eigenvalue weighted by molar-refractivity contribution is -0.164. The molecule has 41 heavy (non-hydrogen) atoms. The van der Waals surface area contributed by atoms with E-state index >= 15 is 0 Å². The van der Waals surface area contributed by atoms with E-state index in [0.717, 1.165) is 0 Å². The zero-order valence-electron chi connectivity index (χ0n) is 23.9. The van der Waals surface area contributed by atoms with Gasteiger partial charge in [0.1, 0.15) is 13.2 Å². The van der Waals surface area contributed by atoms with Gasteiger partial charge in [-0.2, -0.15) is 0 Å². The molecule has 0 saturated heterocycles. The summed E-state index contributed by atoms with van der Waals surface area (Å²) in [5.74, 6) is -5.33. The first kappa shape index (κ1) is 37.2. The summed E-state index contributed by atoms with van der Waals surface area (Å²) in [7, 11) is 0. The van der Waals surface area contributed by atoms with Gasteiger partial charge < -0.3 is 38.6 Å². The van der Waals surface area contributed by atoms with E-state index in [1.165, 1.54) is 13.8 Å². The van der Waals surface area contributed by atoms with Crippen molar-refractivity contribution in [3.05, 3.63) is 24.3 Å². The topological polar surface area (TPSA) is 198 Å². The van der Waals surface area contributed by atoms with E-state index in [1.54, 1.807) is 13.8 Å². The van der Waals surface area contributed by atoms with Crippen LogP contribution < -0.4 is 0 Å². The summed E-state index contributed by atoms with van der Waals surface area (Å²) in [6, 6.07) is 0. The first-order valence-corrected chi connectivity index (χ1v) is 12.7. The molecule has 2 atom stereocenters. The summed E-state index contributed by atoms with van der Waals surface area (Å²) in [5, 5.41) is 17.5. The van der Waals surface area contributed by atoms with Gasteiger partial charge >= 0.3 is 35.8 Å². The first-order valence-electron chi connectivity index (χ1n) is 12.7. The lowest BCUT2D eigenvalue weighted by Gasteiger charge is -2.27. The summed E-state index contributed by atoms with van der Waals surface area (Å²) in [5.41, 5.74) is -0.348. The number of esters is 4. The number of hydrogen-bond acceptors (Lipinski definition) is 12. The molecule has 0 saturated carbocycles. The molecule has 232 valence electrons. The standard InChI is InChI=1S/C27H40O14/c1-17(2)25(34)38-13-19(40-23(32)9-7-21(28)29)11-36-15-27(5,6)16-37-12-20(14-39-26(35)18(3)4)41-24(33)10-8-22(30)31/h19-20H,1,3,7-16H2,2,4-6H3,(H,28,29)(H,30,31). The van der Waals surface area contributed by atoms with Gasteiger partial charge in [0.05, 0.1) is 52.1 Å². The van der Waals surface area contributed by atoms with Gasteiger partial charge in [0.15, 0.2) is 12.2 Å². The molecule has 14 heteroatoms. The van der Waals surface area contributed by atoms with E-state index in [1.807, 2.05) is 0 Å². The van der Waals surface area contributed by atoms with Crippen LogP contribution in [0.15, 0.2) is 24.3 Å². The Morgan fingerprint density at radius 3 is 1.27 bits per heavy atom. The zero-order valence-corrected chi connectivity index (χ0v) is 23.9. The van der Waals surface area contributed by atoms with Crippen LogP contribution in [0.5, 0.6) is 0 Å². The second kappa shape index (κ2) is 19.3. The average molecular weight is 589 g/mol. The van der Waals surface area contributed by atoms with E-state index < -0.39 is 66.3 Å². The highest BCUT2D eigenvalue weighted by atomic mass is 16.6. The molecule has 0 aliphatic rings. The molecule has 0 aromatic heterocycles. The number of rotatable bonds is 22. The Balaban J connectivity index is 4.96. The van der Waals surface area contributed by atoms with Gasteiger partial charge in [-0.15, -0.1) is 0 Å². The van der Waals surface area contributed by atoms with E-state index in [9.17, 15) is 28.8 Å². The maximum atomic E-state index is 12.0. The minimum absolute atomic E-state index is 0.0817. The van der Waals surface area contributed by atoms with Crippen molar-refractivity contribution in [3.8, 4) is 0 Å². The largest absolute Gasteiger partial charge is 0.481 e. The maximum Gasteiger partial charge on any atom is 0.333 e. The number of carbonyl (C=O) groups excluding carboxylic acids is 4. The molecule has 0 aliphatic carbocycles. The number of carboxylic acids is 2. The molecule has 0 amide bonds. The molecule has 0 heterocycles. The Bertz CT molecular complexity index is 878. The van der Waals surface area contributed by atoms with E-state index in [-0.39, 0.29) is 63.6 Å². The molecule has 0 radical (unpaired) electrons. The Morgan fingerprint density at radius 2 is 0.976 bits per heavy atom. The second-order valence-corrected chi connectivity index (χ2v) is 9.96. The Morgan fingerprint density at radius 1 is 0.634 bits per heavy atom. The Hall–Kier alpha value is -3.78. The summed E-state index contributed by atoms with van der Waals surface area (Å²) >= 11 is 0. The molecule has 0 aromatic carbocycles. The number of ether oxygens (including phenoxy) is 6. The summed E-state index contributed by atoms with van der Waals surface area (Å²) in [6.07, 6.45) is -3.61. The van der Waals surface area contributed by atoms with Gasteiger partial charge in [0, 0.05) is 16.6 Å². The van der Waals surface area contributed by atoms with Crippen LogP contribution in [0, 0.1) is 5.41 Å². The van der Waals surface area contributed by atoms with Crippen molar-refractivity contribution in [2.24, 2.45) is 5.41 Å². The minimum Gasteiger partial charge on any atom is -0.481 e. The van der Waals surface area contributed by atoms with E-state index in [2.05, 4.69) is 13.2 Å². The van der Waals surface area contributed by atoms with Crippen LogP contribution >= 0.6 is 0 Å². The Kier molecular flexibility index (Phi) is 17.5. The highest BCUT2D eigenvalue weighted by molar-refractivity contribution is 5.87. The van der Waals surface area contributed by atoms with Gasteiger partial charge in [0.2, 0.25) is 0 Å². The van der Waals surface area contributed by atoms with Crippen molar-refractivity contribution < 1.29 is 67.4 Å².